The molecule has 18 heavy (non-hydrogen) atoms. The lowest BCUT2D eigenvalue weighted by atomic mass is 10.0. The van der Waals surface area contributed by atoms with Gasteiger partial charge in [0.1, 0.15) is 0 Å². The van der Waals surface area contributed by atoms with Gasteiger partial charge in [0.25, 0.3) is 0 Å². The minimum Gasteiger partial charge on any atom is -0.396 e. The second kappa shape index (κ2) is 17.0. The first-order valence-corrected chi connectivity index (χ1v) is 7.44. The van der Waals surface area contributed by atoms with Crippen LogP contribution in [-0.4, -0.2) is 49.8 Å². The fourth-order valence-electron chi connectivity index (χ4n) is 0.917. The van der Waals surface area contributed by atoms with E-state index in [2.05, 4.69) is 13.8 Å². The molecule has 114 valence electrons. The van der Waals surface area contributed by atoms with Gasteiger partial charge in [0, 0.05) is 6.61 Å². The molecule has 1 unspecified atom stereocenters. The van der Waals surface area contributed by atoms with Crippen LogP contribution in [0.2, 0.25) is 0 Å². The van der Waals surface area contributed by atoms with Gasteiger partial charge in [-0.1, -0.05) is 33.1 Å². The number of rotatable bonds is 6. The van der Waals surface area contributed by atoms with Crippen LogP contribution in [0, 0.1) is 5.92 Å². The molecule has 0 fully saturated rings. The molecule has 0 saturated carbocycles. The molecule has 0 radical (unpaired) electrons. The molecule has 0 aliphatic rings. The molecule has 0 rings (SSSR count). The molecule has 0 aromatic rings. The van der Waals surface area contributed by atoms with E-state index in [4.69, 9.17) is 34.6 Å². The quantitative estimate of drug-likeness (QED) is 0.385. The van der Waals surface area contributed by atoms with Crippen molar-refractivity contribution in [1.29, 1.82) is 0 Å². The maximum absolute atomic E-state index is 8.88. The van der Waals surface area contributed by atoms with Crippen LogP contribution in [0.15, 0.2) is 0 Å². The molecule has 1 atom stereocenters. The predicted molar refractivity (Wildman–Crippen MR) is 68.8 cm³/mol. The third-order valence-electron chi connectivity index (χ3n) is 1.90. The van der Waals surface area contributed by atoms with Crippen molar-refractivity contribution in [2.75, 3.05) is 19.8 Å². The summed E-state index contributed by atoms with van der Waals surface area (Å²) in [6, 6.07) is 0. The monoisotopic (exact) mass is 290 g/mol. The lowest BCUT2D eigenvalue weighted by Crippen LogP contribution is -2.03. The van der Waals surface area contributed by atoms with Crippen molar-refractivity contribution in [3.05, 3.63) is 0 Å². The van der Waals surface area contributed by atoms with Gasteiger partial charge in [-0.05, 0) is 12.3 Å². The van der Waals surface area contributed by atoms with Crippen molar-refractivity contribution in [2.45, 2.75) is 39.5 Å². The van der Waals surface area contributed by atoms with E-state index < -0.39 is 7.82 Å². The number of phosphoric acid groups is 1. The summed E-state index contributed by atoms with van der Waals surface area (Å²) in [5.74, 6) is 0.560. The highest BCUT2D eigenvalue weighted by molar-refractivity contribution is 7.45. The second-order valence-corrected chi connectivity index (χ2v) is 4.59. The first-order valence-electron chi connectivity index (χ1n) is 5.87. The van der Waals surface area contributed by atoms with E-state index in [1.807, 2.05) is 0 Å². The van der Waals surface area contributed by atoms with Gasteiger partial charge in [-0.2, -0.15) is 0 Å². The van der Waals surface area contributed by atoms with Crippen LogP contribution >= 0.6 is 7.82 Å². The van der Waals surface area contributed by atoms with Crippen molar-refractivity contribution in [3.8, 4) is 0 Å². The molecule has 0 saturated heterocycles. The Bertz CT molecular complexity index is 169. The number of unbranched alkanes of at least 4 members (excludes halogenated alkanes) is 1. The second-order valence-electron chi connectivity index (χ2n) is 3.56. The van der Waals surface area contributed by atoms with E-state index in [-0.39, 0.29) is 13.2 Å². The summed E-state index contributed by atoms with van der Waals surface area (Å²) in [7, 11) is -4.64. The van der Waals surface area contributed by atoms with Crippen molar-refractivity contribution in [1.82, 2.24) is 0 Å². The third kappa shape index (κ3) is 44.5. The summed E-state index contributed by atoms with van der Waals surface area (Å²) in [6.07, 6.45) is 4.83. The maximum Gasteiger partial charge on any atom is 0.466 e. The number of aliphatic hydroxyl groups is 3. The Morgan fingerprint density at radius 2 is 1.39 bits per heavy atom. The SMILES string of the molecule is CCCCC(CC)CO.O=P(O)(O)O.OCCO. The summed E-state index contributed by atoms with van der Waals surface area (Å²) >= 11 is 0. The lowest BCUT2D eigenvalue weighted by molar-refractivity contribution is 0.186. The molecule has 0 heterocycles. The van der Waals surface area contributed by atoms with E-state index in [0.717, 1.165) is 6.42 Å². The van der Waals surface area contributed by atoms with Crippen molar-refractivity contribution >= 4 is 7.82 Å². The molecular weight excluding hydrogens is 263 g/mol. The molecule has 0 aromatic carbocycles. The fraction of sp³-hybridized carbons (Fsp3) is 1.00. The number of hydrogen-bond acceptors (Lipinski definition) is 4. The summed E-state index contributed by atoms with van der Waals surface area (Å²) in [5, 5.41) is 24.0. The molecule has 6 N–H and O–H groups in total. The highest BCUT2D eigenvalue weighted by Gasteiger charge is 2.01. The van der Waals surface area contributed by atoms with Gasteiger partial charge in [0.2, 0.25) is 0 Å². The molecule has 0 bridgehead atoms. The minimum absolute atomic E-state index is 0.125. The van der Waals surface area contributed by atoms with E-state index >= 15 is 0 Å². The molecule has 8 heteroatoms. The first kappa shape index (κ1) is 23.1. The zero-order valence-electron chi connectivity index (χ0n) is 11.1. The largest absolute Gasteiger partial charge is 0.466 e. The van der Waals surface area contributed by atoms with Crippen LogP contribution < -0.4 is 0 Å². The minimum atomic E-state index is -4.64. The lowest BCUT2D eigenvalue weighted by Gasteiger charge is -2.08. The molecule has 0 aliphatic heterocycles. The van der Waals surface area contributed by atoms with Gasteiger partial charge in [0.05, 0.1) is 13.2 Å². The molecule has 0 amide bonds. The van der Waals surface area contributed by atoms with Crippen LogP contribution in [0.4, 0.5) is 0 Å². The van der Waals surface area contributed by atoms with Gasteiger partial charge in [-0.15, -0.1) is 0 Å². The van der Waals surface area contributed by atoms with Crippen molar-refractivity contribution in [2.24, 2.45) is 5.92 Å². The van der Waals surface area contributed by atoms with E-state index in [9.17, 15) is 0 Å². The van der Waals surface area contributed by atoms with Gasteiger partial charge in [-0.25, -0.2) is 4.57 Å². The van der Waals surface area contributed by atoms with E-state index in [1.165, 1.54) is 19.3 Å². The Morgan fingerprint density at radius 3 is 1.56 bits per heavy atom. The fourth-order valence-corrected chi connectivity index (χ4v) is 0.917. The zero-order chi connectivity index (χ0) is 15.0. The van der Waals surface area contributed by atoms with Crippen LogP contribution in [0.25, 0.3) is 0 Å². The predicted octanol–water partition coefficient (Wildman–Crippen LogP) is 0.237. The molecule has 0 aromatic heterocycles. The van der Waals surface area contributed by atoms with E-state index in [0.29, 0.717) is 12.5 Å². The first-order chi connectivity index (χ1) is 8.26. The Kier molecular flexibility index (Phi) is 21.8. The van der Waals surface area contributed by atoms with Gasteiger partial charge in [0.15, 0.2) is 0 Å². The van der Waals surface area contributed by atoms with Crippen LogP contribution in [0.3, 0.4) is 0 Å². The normalized spacial score (nSPS) is 11.8. The average Bonchev–Trinajstić information content (AvgIpc) is 2.29. The van der Waals surface area contributed by atoms with Crippen LogP contribution in [0.5, 0.6) is 0 Å². The highest BCUT2D eigenvalue weighted by atomic mass is 31.2. The van der Waals surface area contributed by atoms with Gasteiger partial charge in [-0.3, -0.25) is 0 Å². The summed E-state index contributed by atoms with van der Waals surface area (Å²) in [5.41, 5.74) is 0. The summed E-state index contributed by atoms with van der Waals surface area (Å²) < 4.78 is 8.88. The van der Waals surface area contributed by atoms with Gasteiger partial charge < -0.3 is 30.0 Å². The molecule has 7 nitrogen and oxygen atoms in total. The smallest absolute Gasteiger partial charge is 0.396 e. The van der Waals surface area contributed by atoms with E-state index in [1.54, 1.807) is 0 Å². The third-order valence-corrected chi connectivity index (χ3v) is 1.90. The summed E-state index contributed by atoms with van der Waals surface area (Å²) in [4.78, 5) is 21.6. The Balaban J connectivity index is -0.000000212. The maximum atomic E-state index is 8.88. The highest BCUT2D eigenvalue weighted by Crippen LogP contribution is 2.25. The molecule has 0 spiro atoms. The summed E-state index contributed by atoms with van der Waals surface area (Å²) in [6.45, 7) is 4.44. The van der Waals surface area contributed by atoms with Crippen LogP contribution in [0.1, 0.15) is 39.5 Å². The Labute approximate surface area is 108 Å². The number of aliphatic hydroxyl groups excluding tert-OH is 3. The number of hydrogen-bond donors (Lipinski definition) is 6. The Morgan fingerprint density at radius 1 is 1.00 bits per heavy atom. The topological polar surface area (TPSA) is 138 Å². The molecule has 0 aliphatic carbocycles. The zero-order valence-corrected chi connectivity index (χ0v) is 12.0. The van der Waals surface area contributed by atoms with Crippen molar-refractivity contribution < 1.29 is 34.6 Å². The standard InChI is InChI=1S/C8H18O.C2H6O2.H3O4P/c1-3-5-6-8(4-2)7-9;3-1-2-4;1-5(2,3)4/h8-9H,3-7H2,1-2H3;3-4H,1-2H2;(H3,1,2,3,4). The van der Waals surface area contributed by atoms with Crippen molar-refractivity contribution in [3.63, 3.8) is 0 Å². The van der Waals surface area contributed by atoms with Crippen LogP contribution in [-0.2, 0) is 4.57 Å². The average molecular weight is 290 g/mol. The molecular formula is C10H27O7P. The Hall–Kier alpha value is -0.0100. The van der Waals surface area contributed by atoms with Gasteiger partial charge >= 0.3 is 7.82 Å².